The first-order valence-electron chi connectivity index (χ1n) is 5.29. The maximum absolute atomic E-state index is 10.7. The van der Waals surface area contributed by atoms with Gasteiger partial charge in [-0.25, -0.2) is 4.79 Å². The van der Waals surface area contributed by atoms with Crippen LogP contribution >= 0.6 is 0 Å². The lowest BCUT2D eigenvalue weighted by Gasteiger charge is -2.11. The van der Waals surface area contributed by atoms with Crippen LogP contribution in [0.1, 0.15) is 6.42 Å². The van der Waals surface area contributed by atoms with E-state index in [1.54, 1.807) is 24.3 Å². The van der Waals surface area contributed by atoms with E-state index in [0.29, 0.717) is 18.1 Å². The van der Waals surface area contributed by atoms with Crippen molar-refractivity contribution < 1.29 is 23.8 Å². The van der Waals surface area contributed by atoms with Crippen molar-refractivity contribution in [1.29, 1.82) is 0 Å². The third kappa shape index (κ3) is 3.29. The normalized spacial score (nSPS) is 18.7. The number of carbonyl (C=O) groups is 2. The smallest absolute Gasteiger partial charge is 0.376 e. The third-order valence-corrected chi connectivity index (χ3v) is 2.33. The monoisotopic (exact) mass is 236 g/mol. The molecule has 1 aromatic rings. The van der Waals surface area contributed by atoms with Gasteiger partial charge < -0.3 is 14.2 Å². The van der Waals surface area contributed by atoms with Gasteiger partial charge in [0.1, 0.15) is 17.6 Å². The highest BCUT2D eigenvalue weighted by Gasteiger charge is 2.16. The Hall–Kier alpha value is -1.88. The number of ether oxygens (including phenoxy) is 3. The van der Waals surface area contributed by atoms with E-state index in [1.165, 1.54) is 0 Å². The van der Waals surface area contributed by atoms with Crippen LogP contribution in [0.2, 0.25) is 0 Å². The zero-order valence-electron chi connectivity index (χ0n) is 9.13. The van der Waals surface area contributed by atoms with Crippen molar-refractivity contribution in [1.82, 2.24) is 0 Å². The SMILES string of the molecule is O=CC(=O)Oc1ccc(OC2CCOC2)cc1. The van der Waals surface area contributed by atoms with Crippen molar-refractivity contribution in [3.05, 3.63) is 24.3 Å². The van der Waals surface area contributed by atoms with Gasteiger partial charge in [-0.3, -0.25) is 4.79 Å². The first-order chi connectivity index (χ1) is 8.28. The molecule has 90 valence electrons. The van der Waals surface area contributed by atoms with E-state index in [-0.39, 0.29) is 12.4 Å². The molecule has 0 amide bonds. The predicted molar refractivity (Wildman–Crippen MR) is 58.0 cm³/mol. The molecule has 0 spiro atoms. The summed E-state index contributed by atoms with van der Waals surface area (Å²) in [5.74, 6) is 0.0892. The first-order valence-corrected chi connectivity index (χ1v) is 5.29. The Labute approximate surface area is 98.3 Å². The molecule has 1 heterocycles. The molecule has 0 saturated carbocycles. The van der Waals surface area contributed by atoms with Crippen molar-refractivity contribution >= 4 is 12.3 Å². The molecule has 1 aromatic carbocycles. The van der Waals surface area contributed by atoms with Gasteiger partial charge in [0, 0.05) is 6.42 Å². The van der Waals surface area contributed by atoms with Crippen LogP contribution in [-0.2, 0) is 14.3 Å². The predicted octanol–water partition coefficient (Wildman–Crippen LogP) is 0.959. The summed E-state index contributed by atoms with van der Waals surface area (Å²) < 4.78 is 15.5. The molecule has 5 nitrogen and oxygen atoms in total. The fraction of sp³-hybridized carbons (Fsp3) is 0.333. The average molecular weight is 236 g/mol. The fourth-order valence-electron chi connectivity index (χ4n) is 1.52. The molecule has 1 saturated heterocycles. The van der Waals surface area contributed by atoms with Crippen molar-refractivity contribution in [3.63, 3.8) is 0 Å². The second-order valence-electron chi connectivity index (χ2n) is 3.61. The van der Waals surface area contributed by atoms with Crippen LogP contribution in [0.4, 0.5) is 0 Å². The first kappa shape index (κ1) is 11.6. The molecule has 1 aliphatic heterocycles. The molecular weight excluding hydrogens is 224 g/mol. The molecule has 1 aliphatic rings. The van der Waals surface area contributed by atoms with Crippen molar-refractivity contribution in [2.24, 2.45) is 0 Å². The van der Waals surface area contributed by atoms with Crippen molar-refractivity contribution in [2.45, 2.75) is 12.5 Å². The second kappa shape index (κ2) is 5.45. The number of rotatable bonds is 4. The molecule has 0 radical (unpaired) electrons. The third-order valence-electron chi connectivity index (χ3n) is 2.33. The van der Waals surface area contributed by atoms with Crippen LogP contribution in [0.15, 0.2) is 24.3 Å². The van der Waals surface area contributed by atoms with Crippen LogP contribution in [0.25, 0.3) is 0 Å². The molecule has 0 N–H and O–H groups in total. The molecule has 2 rings (SSSR count). The van der Waals surface area contributed by atoms with Gasteiger partial charge in [0.2, 0.25) is 6.29 Å². The Bertz CT molecular complexity index is 392. The number of esters is 1. The van der Waals surface area contributed by atoms with E-state index < -0.39 is 5.97 Å². The molecule has 5 heteroatoms. The maximum atomic E-state index is 10.7. The molecular formula is C12H12O5. The highest BCUT2D eigenvalue weighted by Crippen LogP contribution is 2.20. The summed E-state index contributed by atoms with van der Waals surface area (Å²) in [5.41, 5.74) is 0. The van der Waals surface area contributed by atoms with Gasteiger partial charge in [0.05, 0.1) is 13.2 Å². The zero-order chi connectivity index (χ0) is 12.1. The largest absolute Gasteiger partial charge is 0.488 e. The molecule has 0 aromatic heterocycles. The van der Waals surface area contributed by atoms with Gasteiger partial charge in [0.15, 0.2) is 0 Å². The number of aldehydes is 1. The highest BCUT2D eigenvalue weighted by atomic mass is 16.5. The molecule has 1 fully saturated rings. The number of benzene rings is 1. The Morgan fingerprint density at radius 1 is 1.29 bits per heavy atom. The van der Waals surface area contributed by atoms with Gasteiger partial charge in [-0.2, -0.15) is 0 Å². The summed E-state index contributed by atoms with van der Waals surface area (Å²) in [6.45, 7) is 1.32. The van der Waals surface area contributed by atoms with Gasteiger partial charge >= 0.3 is 5.97 Å². The molecule has 0 bridgehead atoms. The summed E-state index contributed by atoms with van der Waals surface area (Å²) in [6.07, 6.45) is 1.08. The molecule has 1 atom stereocenters. The minimum atomic E-state index is -0.914. The topological polar surface area (TPSA) is 61.8 Å². The van der Waals surface area contributed by atoms with Crippen LogP contribution in [0.3, 0.4) is 0 Å². The summed E-state index contributed by atoms with van der Waals surface area (Å²) in [6, 6.07) is 6.52. The fourth-order valence-corrected chi connectivity index (χ4v) is 1.52. The molecule has 1 unspecified atom stereocenters. The van der Waals surface area contributed by atoms with Gasteiger partial charge in [-0.15, -0.1) is 0 Å². The van der Waals surface area contributed by atoms with Gasteiger partial charge in [0.25, 0.3) is 0 Å². The number of hydrogen-bond acceptors (Lipinski definition) is 5. The van der Waals surface area contributed by atoms with E-state index in [1.807, 2.05) is 0 Å². The molecule has 17 heavy (non-hydrogen) atoms. The van der Waals surface area contributed by atoms with Gasteiger partial charge in [-0.1, -0.05) is 0 Å². The van der Waals surface area contributed by atoms with Crippen molar-refractivity contribution in [3.8, 4) is 11.5 Å². The number of carbonyl (C=O) groups excluding carboxylic acids is 2. The van der Waals surface area contributed by atoms with E-state index >= 15 is 0 Å². The Balaban J connectivity index is 1.92. The summed E-state index contributed by atoms with van der Waals surface area (Å²) in [7, 11) is 0. The van der Waals surface area contributed by atoms with Crippen LogP contribution < -0.4 is 9.47 Å². The molecule has 0 aliphatic carbocycles. The van der Waals surface area contributed by atoms with Crippen molar-refractivity contribution in [2.75, 3.05) is 13.2 Å². The lowest BCUT2D eigenvalue weighted by atomic mass is 10.3. The van der Waals surface area contributed by atoms with Gasteiger partial charge in [-0.05, 0) is 24.3 Å². The summed E-state index contributed by atoms with van der Waals surface area (Å²) >= 11 is 0. The number of hydrogen-bond donors (Lipinski definition) is 0. The standard InChI is InChI=1S/C12H12O5/c13-7-12(14)17-10-3-1-9(2-4-10)16-11-5-6-15-8-11/h1-4,7,11H,5-6,8H2. The van der Waals surface area contributed by atoms with Crippen LogP contribution in [-0.4, -0.2) is 31.6 Å². The lowest BCUT2D eigenvalue weighted by Crippen LogP contribution is -2.15. The van der Waals surface area contributed by atoms with E-state index in [4.69, 9.17) is 14.2 Å². The Morgan fingerprint density at radius 3 is 2.59 bits per heavy atom. The quantitative estimate of drug-likeness (QED) is 0.337. The minimum Gasteiger partial charge on any atom is -0.488 e. The van der Waals surface area contributed by atoms with Crippen LogP contribution in [0, 0.1) is 0 Å². The Kier molecular flexibility index (Phi) is 3.72. The van der Waals surface area contributed by atoms with Crippen LogP contribution in [0.5, 0.6) is 11.5 Å². The Morgan fingerprint density at radius 2 is 2.00 bits per heavy atom. The zero-order valence-corrected chi connectivity index (χ0v) is 9.13. The average Bonchev–Trinajstić information content (AvgIpc) is 2.84. The lowest BCUT2D eigenvalue weighted by molar-refractivity contribution is -0.141. The minimum absolute atomic E-state index is 0.0818. The van der Waals surface area contributed by atoms with E-state index in [0.717, 1.165) is 13.0 Å². The summed E-state index contributed by atoms with van der Waals surface area (Å²) in [4.78, 5) is 20.8. The summed E-state index contributed by atoms with van der Waals surface area (Å²) in [5, 5.41) is 0. The van der Waals surface area contributed by atoms with E-state index in [2.05, 4.69) is 0 Å². The highest BCUT2D eigenvalue weighted by molar-refractivity contribution is 6.21. The maximum Gasteiger partial charge on any atom is 0.376 e. The second-order valence-corrected chi connectivity index (χ2v) is 3.61. The van der Waals surface area contributed by atoms with E-state index in [9.17, 15) is 9.59 Å².